The molecular weight excluding hydrogens is 925 g/mol. The minimum Gasteiger partial charge on any atom is -0.480 e. The Balaban J connectivity index is 2.71. The molecule has 12 N–H and O–H groups in total. The van der Waals surface area contributed by atoms with Crippen molar-refractivity contribution in [2.75, 3.05) is 13.6 Å². The lowest BCUT2D eigenvalue weighted by Crippen LogP contribution is -2.58. The number of carboxylic acid groups (broad SMARTS) is 2. The van der Waals surface area contributed by atoms with E-state index in [2.05, 4.69) is 43.5 Å². The molecule has 1 aromatic rings. The number of esters is 1. The first-order valence-electron chi connectivity index (χ1n) is 23.1. The standard InChI is InChI=1S/C48H70N10O13/c1-25(2)40-45(66)56-36(47(69)70)24-38(60)53-34(16-13-21-51-48(49)50)44(65)54-33(18-17-26(3)22-27(4)37(71-31(8)59)23-32-14-11-10-12-15-32)28(5)41(62)55-35(46(67)68)19-20-39(61)58(9)30(7)43(64)52-29(6)42(63)57-40/h10-12,14-15,17-18,22,25,27-29,33-37,40H,7,13,16,19-21,23-24H2,1-6,8-9H3,(H,52,64)(H,53,60)(H,54,65)(H,55,62)(H,56,66)(H,57,63)(H,67,68)(H,69,70)(H4,49,50,51)/b18-17+,26-22+/t27-,28-,29+,33?,34?,35+,36?,37-,40-/m0/s1. The first-order valence-corrected chi connectivity index (χ1v) is 23.1. The Hall–Kier alpha value is -7.59. The molecule has 1 saturated heterocycles. The highest BCUT2D eigenvalue weighted by Crippen LogP contribution is 2.19. The normalized spacial score (nSPS) is 24.2. The van der Waals surface area contributed by atoms with Crippen molar-refractivity contribution in [1.29, 1.82) is 0 Å². The lowest BCUT2D eigenvalue weighted by molar-refractivity contribution is -0.148. The Labute approximate surface area is 413 Å². The fraction of sp³-hybridized carbons (Fsp3) is 0.521. The van der Waals surface area contributed by atoms with Gasteiger partial charge in [0.25, 0.3) is 5.91 Å². The number of nitrogens with zero attached hydrogens (tertiary/aromatic N) is 2. The number of rotatable bonds is 14. The molecule has 0 aliphatic carbocycles. The van der Waals surface area contributed by atoms with Gasteiger partial charge in [0.1, 0.15) is 42.0 Å². The molecule has 390 valence electrons. The summed E-state index contributed by atoms with van der Waals surface area (Å²) < 4.78 is 5.66. The molecule has 0 radical (unpaired) electrons. The predicted octanol–water partition coefficient (Wildman–Crippen LogP) is -0.101. The maximum atomic E-state index is 14.3. The second kappa shape index (κ2) is 28.8. The maximum Gasteiger partial charge on any atom is 0.326 e. The second-order valence-electron chi connectivity index (χ2n) is 17.7. The van der Waals surface area contributed by atoms with E-state index in [1.165, 1.54) is 33.9 Å². The topological polar surface area (TPSA) is 360 Å². The molecule has 0 aromatic heterocycles. The number of nitrogens with one attached hydrogen (secondary N) is 6. The van der Waals surface area contributed by atoms with Gasteiger partial charge in [-0.1, -0.05) is 88.4 Å². The molecule has 1 heterocycles. The van der Waals surface area contributed by atoms with E-state index in [0.29, 0.717) is 12.0 Å². The van der Waals surface area contributed by atoms with Gasteiger partial charge in [-0.15, -0.1) is 0 Å². The summed E-state index contributed by atoms with van der Waals surface area (Å²) in [5, 5.41) is 34.9. The maximum absolute atomic E-state index is 14.3. The molecule has 3 unspecified atom stereocenters. The largest absolute Gasteiger partial charge is 0.480 e. The molecule has 0 bridgehead atoms. The number of nitrogens with two attached hydrogens (primary N) is 2. The van der Waals surface area contributed by atoms with Crippen molar-refractivity contribution in [2.45, 2.75) is 129 Å². The van der Waals surface area contributed by atoms with Gasteiger partial charge in [0.05, 0.1) is 18.4 Å². The van der Waals surface area contributed by atoms with Crippen molar-refractivity contribution in [3.05, 3.63) is 72.0 Å². The summed E-state index contributed by atoms with van der Waals surface area (Å²) in [5.41, 5.74) is 12.1. The van der Waals surface area contributed by atoms with Crippen molar-refractivity contribution >= 4 is 65.2 Å². The van der Waals surface area contributed by atoms with Gasteiger partial charge in [-0.05, 0) is 44.6 Å². The number of carbonyl (C=O) groups excluding carboxylic acids is 8. The average molecular weight is 995 g/mol. The molecule has 7 amide bonds. The molecule has 23 nitrogen and oxygen atoms in total. The predicted molar refractivity (Wildman–Crippen MR) is 260 cm³/mol. The lowest BCUT2D eigenvalue weighted by Gasteiger charge is -2.27. The fourth-order valence-electron chi connectivity index (χ4n) is 7.13. The number of hydrogen-bond acceptors (Lipinski definition) is 12. The minimum atomic E-state index is -1.87. The average Bonchev–Trinajstić information content (AvgIpc) is 3.29. The Morgan fingerprint density at radius 1 is 0.859 bits per heavy atom. The van der Waals surface area contributed by atoms with Crippen molar-refractivity contribution in [1.82, 2.24) is 36.8 Å². The zero-order chi connectivity index (χ0) is 53.7. The molecule has 71 heavy (non-hydrogen) atoms. The van der Waals surface area contributed by atoms with Crippen LogP contribution in [0.3, 0.4) is 0 Å². The van der Waals surface area contributed by atoms with Gasteiger partial charge >= 0.3 is 17.9 Å². The van der Waals surface area contributed by atoms with Crippen LogP contribution in [0.5, 0.6) is 0 Å². The molecule has 1 aromatic carbocycles. The van der Waals surface area contributed by atoms with Gasteiger partial charge in [-0.2, -0.15) is 0 Å². The first-order chi connectivity index (χ1) is 33.2. The van der Waals surface area contributed by atoms with Gasteiger partial charge in [0.2, 0.25) is 35.4 Å². The van der Waals surface area contributed by atoms with E-state index in [-0.39, 0.29) is 31.3 Å². The van der Waals surface area contributed by atoms with Crippen LogP contribution >= 0.6 is 0 Å². The molecule has 2 rings (SSSR count). The molecule has 1 aliphatic rings. The van der Waals surface area contributed by atoms with E-state index < -0.39 is 138 Å². The number of guanidine groups is 1. The molecule has 9 atom stereocenters. The van der Waals surface area contributed by atoms with Crippen LogP contribution in [0.2, 0.25) is 0 Å². The number of aliphatic imine (C=N–C) groups is 1. The van der Waals surface area contributed by atoms with Crippen LogP contribution < -0.4 is 43.4 Å². The number of hydrogen-bond donors (Lipinski definition) is 10. The summed E-state index contributed by atoms with van der Waals surface area (Å²) in [7, 11) is 1.19. The molecule has 1 fully saturated rings. The number of allylic oxidation sites excluding steroid dienone is 2. The molecule has 0 spiro atoms. The monoisotopic (exact) mass is 995 g/mol. The first kappa shape index (κ1) is 59.5. The van der Waals surface area contributed by atoms with E-state index in [1.54, 1.807) is 26.8 Å². The van der Waals surface area contributed by atoms with E-state index in [1.807, 2.05) is 43.3 Å². The lowest BCUT2D eigenvalue weighted by atomic mass is 9.94. The summed E-state index contributed by atoms with van der Waals surface area (Å²) in [4.78, 5) is 137. The van der Waals surface area contributed by atoms with Crippen molar-refractivity contribution in [3.8, 4) is 0 Å². The highest BCUT2D eigenvalue weighted by atomic mass is 16.5. The summed E-state index contributed by atoms with van der Waals surface area (Å²) in [6.45, 7) is 14.3. The quantitative estimate of drug-likeness (QED) is 0.0291. The van der Waals surface area contributed by atoms with Crippen LogP contribution in [-0.2, 0) is 59.1 Å². The van der Waals surface area contributed by atoms with E-state index in [0.717, 1.165) is 10.5 Å². The van der Waals surface area contributed by atoms with Crippen LogP contribution in [0.1, 0.15) is 86.1 Å². The van der Waals surface area contributed by atoms with Gasteiger partial charge in [-0.25, -0.2) is 9.59 Å². The highest BCUT2D eigenvalue weighted by Gasteiger charge is 2.35. The van der Waals surface area contributed by atoms with Gasteiger partial charge < -0.3 is 63.2 Å². The van der Waals surface area contributed by atoms with E-state index in [9.17, 15) is 58.2 Å². The number of amides is 7. The summed E-state index contributed by atoms with van der Waals surface area (Å²) in [6.07, 6.45) is 2.82. The van der Waals surface area contributed by atoms with Crippen molar-refractivity contribution in [3.63, 3.8) is 0 Å². The third kappa shape index (κ3) is 20.5. The van der Waals surface area contributed by atoms with Crippen molar-refractivity contribution < 1.29 is 62.9 Å². The van der Waals surface area contributed by atoms with E-state index >= 15 is 0 Å². The molecule has 1 aliphatic heterocycles. The number of ether oxygens (including phenoxy) is 1. The van der Waals surface area contributed by atoms with Crippen LogP contribution in [0.4, 0.5) is 0 Å². The van der Waals surface area contributed by atoms with Gasteiger partial charge in [0.15, 0.2) is 5.96 Å². The molecule has 0 saturated carbocycles. The van der Waals surface area contributed by atoms with Gasteiger partial charge in [-0.3, -0.25) is 43.3 Å². The third-order valence-corrected chi connectivity index (χ3v) is 11.4. The van der Waals surface area contributed by atoms with Crippen molar-refractivity contribution in [2.24, 2.45) is 34.2 Å². The summed E-state index contributed by atoms with van der Waals surface area (Å²) in [6, 6.07) is 0.480. The Morgan fingerprint density at radius 2 is 1.48 bits per heavy atom. The summed E-state index contributed by atoms with van der Waals surface area (Å²) >= 11 is 0. The minimum absolute atomic E-state index is 0.00626. The smallest absolute Gasteiger partial charge is 0.326 e. The third-order valence-electron chi connectivity index (χ3n) is 11.4. The summed E-state index contributed by atoms with van der Waals surface area (Å²) in [5.74, 6) is -12.5. The molecule has 23 heteroatoms. The van der Waals surface area contributed by atoms with Crippen LogP contribution in [0.25, 0.3) is 0 Å². The Bertz CT molecular complexity index is 2210. The SMILES string of the molecule is C=C1C(=O)N[C@H](C)C(=O)N[C@@H](C(C)C)C(=O)NC(C(=O)O)CC(=O)NC(CCCN=C(N)N)C(=O)NC(/C=C/C(C)=C/[C@H](C)[C@H](Cc2ccccc2)OC(C)=O)[C@H](C)C(=O)N[C@@H](C(=O)O)CCC(=O)N1C. The van der Waals surface area contributed by atoms with Gasteiger partial charge in [0, 0.05) is 39.3 Å². The van der Waals surface area contributed by atoms with Crippen LogP contribution in [0, 0.1) is 17.8 Å². The fourth-order valence-corrected chi connectivity index (χ4v) is 7.13. The number of carbonyl (C=O) groups is 10. The zero-order valence-corrected chi connectivity index (χ0v) is 41.5. The second-order valence-corrected chi connectivity index (χ2v) is 17.7. The molecular formula is C48H70N10O13. The van der Waals surface area contributed by atoms with Crippen LogP contribution in [0.15, 0.2) is 71.4 Å². The Kier molecular flexibility index (Phi) is 24.1. The van der Waals surface area contributed by atoms with E-state index in [4.69, 9.17) is 16.2 Å². The van der Waals surface area contributed by atoms with Crippen LogP contribution in [-0.4, -0.2) is 136 Å². The highest BCUT2D eigenvalue weighted by molar-refractivity contribution is 6.00. The number of benzene rings is 1. The number of carboxylic acids is 2. The number of likely N-dealkylation sites (N-methyl/N-ethyl adjacent to an activating group) is 1. The Morgan fingerprint density at radius 3 is 2.06 bits per heavy atom. The zero-order valence-electron chi connectivity index (χ0n) is 41.5. The number of aliphatic carboxylic acids is 2.